The Morgan fingerprint density at radius 2 is 1.62 bits per heavy atom. The Labute approximate surface area is 243 Å². The molecule has 0 saturated heterocycles. The van der Waals surface area contributed by atoms with E-state index in [0.717, 1.165) is 4.90 Å². The lowest BCUT2D eigenvalue weighted by molar-refractivity contribution is -0.138. The second-order valence-electron chi connectivity index (χ2n) is 9.05. The van der Waals surface area contributed by atoms with Crippen molar-refractivity contribution in [2.75, 3.05) is 11.4 Å². The minimum Gasteiger partial charge on any atom is -0.505 e. The molecule has 0 radical (unpaired) electrons. The Balaban J connectivity index is 0.00000187. The highest BCUT2D eigenvalue weighted by Gasteiger charge is 2.29. The summed E-state index contributed by atoms with van der Waals surface area (Å²) in [5.41, 5.74) is 2.23. The number of phenolic OH excluding ortho intramolecular Hbond substituents is 1. The molecule has 0 heterocycles. The predicted octanol–water partition coefficient (Wildman–Crippen LogP) is 4.29. The van der Waals surface area contributed by atoms with E-state index in [1.807, 2.05) is 13.8 Å². The second kappa shape index (κ2) is 16.3. The maximum atomic E-state index is 13.5. The van der Waals surface area contributed by atoms with Gasteiger partial charge in [0.2, 0.25) is 11.8 Å². The zero-order chi connectivity index (χ0) is 30.6. The molecule has 2 unspecified atom stereocenters. The molecule has 0 spiro atoms. The van der Waals surface area contributed by atoms with Gasteiger partial charge in [-0.3, -0.25) is 19.2 Å². The SMILES string of the molecule is C=C(C)C.CCC(NC(=O)c1cc(Cl)c(O)c(Cl)c1)C(=O)N(CC(=O)NC(C=O)CC(=O)O)c1ccccc1C. The zero-order valence-electron chi connectivity index (χ0n) is 22.7. The Morgan fingerprint density at radius 1 is 1.07 bits per heavy atom. The van der Waals surface area contributed by atoms with Gasteiger partial charge in [-0.25, -0.2) is 0 Å². The topological polar surface area (TPSA) is 153 Å². The van der Waals surface area contributed by atoms with Gasteiger partial charge in [0.15, 0.2) is 5.75 Å². The molecule has 4 N–H and O–H groups in total. The molecule has 2 aromatic carbocycles. The monoisotopic (exact) mass is 593 g/mol. The number of hydrogen-bond acceptors (Lipinski definition) is 6. The van der Waals surface area contributed by atoms with Crippen LogP contribution < -0.4 is 15.5 Å². The lowest BCUT2D eigenvalue weighted by atomic mass is 10.1. The number of aliphatic carboxylic acids is 1. The normalized spacial score (nSPS) is 11.7. The van der Waals surface area contributed by atoms with E-state index in [9.17, 15) is 29.1 Å². The van der Waals surface area contributed by atoms with E-state index in [4.69, 9.17) is 28.3 Å². The van der Waals surface area contributed by atoms with Crippen LogP contribution in [0.2, 0.25) is 10.0 Å². The molecule has 2 atom stereocenters. The number of rotatable bonds is 11. The fourth-order valence-electron chi connectivity index (χ4n) is 3.33. The third-order valence-corrected chi connectivity index (χ3v) is 5.75. The summed E-state index contributed by atoms with van der Waals surface area (Å²) in [4.78, 5) is 62.2. The first-order valence-electron chi connectivity index (χ1n) is 12.2. The third-order valence-electron chi connectivity index (χ3n) is 5.17. The lowest BCUT2D eigenvalue weighted by Crippen LogP contribution is -2.52. The highest BCUT2D eigenvalue weighted by Crippen LogP contribution is 2.32. The molecular weight excluding hydrogens is 561 g/mol. The van der Waals surface area contributed by atoms with Crippen molar-refractivity contribution < 1.29 is 34.2 Å². The Bertz CT molecular complexity index is 1240. The van der Waals surface area contributed by atoms with E-state index < -0.39 is 48.7 Å². The number of nitrogens with zero attached hydrogens (tertiary/aromatic N) is 1. The van der Waals surface area contributed by atoms with Crippen LogP contribution in [-0.4, -0.2) is 58.8 Å². The van der Waals surface area contributed by atoms with Gasteiger partial charge in [0, 0.05) is 11.3 Å². The molecule has 0 bridgehead atoms. The molecule has 10 nitrogen and oxygen atoms in total. The number of halogens is 2. The number of benzene rings is 2. The molecule has 0 aliphatic carbocycles. The van der Waals surface area contributed by atoms with Crippen LogP contribution in [0.3, 0.4) is 0 Å². The second-order valence-corrected chi connectivity index (χ2v) is 9.86. The average Bonchev–Trinajstić information content (AvgIpc) is 2.87. The number of carboxylic acids is 1. The molecule has 2 aromatic rings. The number of hydrogen-bond donors (Lipinski definition) is 4. The van der Waals surface area contributed by atoms with Crippen LogP contribution in [0, 0.1) is 6.92 Å². The molecule has 0 aliphatic heterocycles. The Kier molecular flexibility index (Phi) is 13.9. The zero-order valence-corrected chi connectivity index (χ0v) is 24.2. The van der Waals surface area contributed by atoms with Gasteiger partial charge in [0.1, 0.15) is 18.9 Å². The van der Waals surface area contributed by atoms with Gasteiger partial charge in [-0.15, -0.1) is 6.58 Å². The average molecular weight is 594 g/mol. The number of para-hydroxylation sites is 1. The molecule has 2 rings (SSSR count). The first kappa shape index (κ1) is 34.1. The van der Waals surface area contributed by atoms with Gasteiger partial charge in [-0.1, -0.05) is 53.9 Å². The van der Waals surface area contributed by atoms with E-state index in [1.54, 1.807) is 38.1 Å². The van der Waals surface area contributed by atoms with Gasteiger partial charge in [-0.05, 0) is 51.0 Å². The van der Waals surface area contributed by atoms with Crippen LogP contribution in [-0.2, 0) is 19.2 Å². The van der Waals surface area contributed by atoms with Gasteiger partial charge in [0.05, 0.1) is 22.5 Å². The first-order valence-corrected chi connectivity index (χ1v) is 12.9. The minimum absolute atomic E-state index is 0.0109. The number of allylic oxidation sites excluding steroid dienone is 1. The summed E-state index contributed by atoms with van der Waals surface area (Å²) < 4.78 is 0. The third kappa shape index (κ3) is 10.7. The van der Waals surface area contributed by atoms with Crippen molar-refractivity contribution in [1.29, 1.82) is 0 Å². The van der Waals surface area contributed by atoms with Gasteiger partial charge in [0.25, 0.3) is 5.91 Å². The predicted molar refractivity (Wildman–Crippen MR) is 154 cm³/mol. The fraction of sp³-hybridized carbons (Fsp3) is 0.321. The number of nitrogens with one attached hydrogen (secondary N) is 2. The molecule has 0 fully saturated rings. The number of aryl methyl sites for hydroxylation is 1. The molecule has 3 amide bonds. The Morgan fingerprint density at radius 3 is 2.10 bits per heavy atom. The summed E-state index contributed by atoms with van der Waals surface area (Å²) in [6.45, 7) is 10.4. The fourth-order valence-corrected chi connectivity index (χ4v) is 3.82. The summed E-state index contributed by atoms with van der Waals surface area (Å²) in [5.74, 6) is -3.72. The number of aldehydes is 1. The van der Waals surface area contributed by atoms with Gasteiger partial charge < -0.3 is 30.5 Å². The molecule has 0 aromatic heterocycles. The van der Waals surface area contributed by atoms with Crippen molar-refractivity contribution in [1.82, 2.24) is 10.6 Å². The van der Waals surface area contributed by atoms with E-state index in [0.29, 0.717) is 17.5 Å². The van der Waals surface area contributed by atoms with Gasteiger partial charge in [-0.2, -0.15) is 0 Å². The maximum Gasteiger partial charge on any atom is 0.305 e. The van der Waals surface area contributed by atoms with Crippen LogP contribution in [0.5, 0.6) is 5.75 Å². The van der Waals surface area contributed by atoms with Crippen molar-refractivity contribution in [3.05, 3.63) is 69.7 Å². The summed E-state index contributed by atoms with van der Waals surface area (Å²) >= 11 is 11.8. The van der Waals surface area contributed by atoms with Crippen LogP contribution in [0.25, 0.3) is 0 Å². The maximum absolute atomic E-state index is 13.5. The van der Waals surface area contributed by atoms with Crippen LogP contribution >= 0.6 is 23.2 Å². The number of carbonyl (C=O) groups is 5. The van der Waals surface area contributed by atoms with Crippen LogP contribution in [0.1, 0.15) is 49.5 Å². The molecular formula is C28H33Cl2N3O7. The molecule has 0 aliphatic rings. The number of carboxylic acid groups (broad SMARTS) is 1. The summed E-state index contributed by atoms with van der Waals surface area (Å²) in [5, 5.41) is 23.2. The lowest BCUT2D eigenvalue weighted by Gasteiger charge is -2.28. The first-order chi connectivity index (χ1) is 18.7. The van der Waals surface area contributed by atoms with Crippen molar-refractivity contribution in [3.8, 4) is 5.75 Å². The largest absolute Gasteiger partial charge is 0.505 e. The quantitative estimate of drug-likeness (QED) is 0.224. The van der Waals surface area contributed by atoms with Crippen molar-refractivity contribution >= 4 is 58.9 Å². The molecule has 12 heteroatoms. The number of phenols is 1. The highest BCUT2D eigenvalue weighted by atomic mass is 35.5. The summed E-state index contributed by atoms with van der Waals surface area (Å²) in [6.07, 6.45) is -0.155. The molecule has 216 valence electrons. The highest BCUT2D eigenvalue weighted by molar-refractivity contribution is 6.37. The summed E-state index contributed by atoms with van der Waals surface area (Å²) in [6, 6.07) is 6.81. The standard InChI is InChI=1S/C24H25Cl2N3O7.C4H8/c1-3-18(28-23(35)14-8-16(25)22(34)17(26)9-14)24(36)29(19-7-5-4-6-13(19)2)11-20(31)27-15(12-30)10-21(32)33;1-4(2)3/h4-9,12,15,18,34H,3,10-11H2,1-2H3,(H,27,31)(H,28,35)(H,32,33);1H2,2-3H3. The number of carbonyl (C=O) groups excluding carboxylic acids is 4. The van der Waals surface area contributed by atoms with Crippen molar-refractivity contribution in [3.63, 3.8) is 0 Å². The molecule has 40 heavy (non-hydrogen) atoms. The number of anilines is 1. The van der Waals surface area contributed by atoms with Crippen molar-refractivity contribution in [2.24, 2.45) is 0 Å². The smallest absolute Gasteiger partial charge is 0.305 e. The summed E-state index contributed by atoms with van der Waals surface area (Å²) in [7, 11) is 0. The van der Waals surface area contributed by atoms with E-state index in [2.05, 4.69) is 17.2 Å². The van der Waals surface area contributed by atoms with Gasteiger partial charge >= 0.3 is 5.97 Å². The van der Waals surface area contributed by atoms with E-state index in [1.165, 1.54) is 17.7 Å². The van der Waals surface area contributed by atoms with Crippen LogP contribution in [0.15, 0.2) is 48.6 Å². The Hall–Kier alpha value is -3.89. The number of amides is 3. The minimum atomic E-state index is -1.28. The van der Waals surface area contributed by atoms with E-state index >= 15 is 0 Å². The van der Waals surface area contributed by atoms with Crippen molar-refractivity contribution in [2.45, 2.75) is 52.6 Å². The van der Waals surface area contributed by atoms with Crippen LogP contribution in [0.4, 0.5) is 5.69 Å². The van der Waals surface area contributed by atoms with E-state index in [-0.39, 0.29) is 27.8 Å². The number of aromatic hydroxyl groups is 1. The molecule has 0 saturated carbocycles.